The van der Waals surface area contributed by atoms with Gasteiger partial charge in [-0.05, 0) is 18.6 Å². The van der Waals surface area contributed by atoms with Crippen molar-refractivity contribution in [3.05, 3.63) is 34.6 Å². The van der Waals surface area contributed by atoms with E-state index in [0.717, 1.165) is 0 Å². The largest absolute Gasteiger partial charge is 0.382 e. The van der Waals surface area contributed by atoms with Crippen molar-refractivity contribution in [2.24, 2.45) is 5.84 Å². The molecule has 0 bridgehead atoms. The topological polar surface area (TPSA) is 56.5 Å². The highest BCUT2D eigenvalue weighted by Crippen LogP contribution is 2.22. The molecule has 0 aliphatic carbocycles. The molecular formula is C12H18ClFN2O2. The van der Waals surface area contributed by atoms with Gasteiger partial charge in [0.05, 0.1) is 19.3 Å². The summed E-state index contributed by atoms with van der Waals surface area (Å²) in [6.45, 7) is 1.52. The van der Waals surface area contributed by atoms with E-state index in [1.807, 2.05) is 0 Å². The second kappa shape index (κ2) is 8.39. The molecule has 0 radical (unpaired) electrons. The first kappa shape index (κ1) is 15.3. The summed E-state index contributed by atoms with van der Waals surface area (Å²) in [6.07, 6.45) is 0.568. The second-order valence-electron chi connectivity index (χ2n) is 3.78. The van der Waals surface area contributed by atoms with Crippen LogP contribution < -0.4 is 11.3 Å². The summed E-state index contributed by atoms with van der Waals surface area (Å²) in [6, 6.07) is 4.23. The van der Waals surface area contributed by atoms with Gasteiger partial charge in [0, 0.05) is 24.3 Å². The number of rotatable bonds is 8. The summed E-state index contributed by atoms with van der Waals surface area (Å²) < 4.78 is 23.9. The van der Waals surface area contributed by atoms with Crippen molar-refractivity contribution >= 4 is 11.6 Å². The molecule has 1 aromatic carbocycles. The van der Waals surface area contributed by atoms with Crippen LogP contribution in [0, 0.1) is 5.82 Å². The molecule has 0 fully saturated rings. The predicted octanol–water partition coefficient (Wildman–Crippen LogP) is 2.04. The number of benzene rings is 1. The molecule has 1 unspecified atom stereocenters. The Morgan fingerprint density at radius 2 is 2.17 bits per heavy atom. The van der Waals surface area contributed by atoms with E-state index in [4.69, 9.17) is 26.9 Å². The number of ether oxygens (including phenoxy) is 2. The molecular weight excluding hydrogens is 259 g/mol. The molecule has 6 heteroatoms. The van der Waals surface area contributed by atoms with Crippen molar-refractivity contribution in [2.45, 2.75) is 12.5 Å². The maximum Gasteiger partial charge on any atom is 0.129 e. The molecule has 0 aliphatic rings. The number of halogens is 2. The molecule has 18 heavy (non-hydrogen) atoms. The Morgan fingerprint density at radius 3 is 2.78 bits per heavy atom. The molecule has 1 rings (SSSR count). The second-order valence-corrected chi connectivity index (χ2v) is 4.22. The van der Waals surface area contributed by atoms with Gasteiger partial charge in [-0.1, -0.05) is 17.7 Å². The van der Waals surface area contributed by atoms with Crippen molar-refractivity contribution in [1.29, 1.82) is 0 Å². The molecule has 0 aromatic heterocycles. The highest BCUT2D eigenvalue weighted by atomic mass is 35.5. The van der Waals surface area contributed by atoms with E-state index in [2.05, 4.69) is 5.43 Å². The van der Waals surface area contributed by atoms with Gasteiger partial charge in [0.15, 0.2) is 0 Å². The predicted molar refractivity (Wildman–Crippen MR) is 68.8 cm³/mol. The fraction of sp³-hybridized carbons (Fsp3) is 0.500. The minimum atomic E-state index is -0.373. The molecule has 1 atom stereocenters. The molecule has 0 heterocycles. The Morgan fingerprint density at radius 1 is 1.39 bits per heavy atom. The highest BCUT2D eigenvalue weighted by molar-refractivity contribution is 6.30. The summed E-state index contributed by atoms with van der Waals surface area (Å²) >= 11 is 5.70. The summed E-state index contributed by atoms with van der Waals surface area (Å²) in [5.74, 6) is 5.05. The molecule has 0 saturated heterocycles. The van der Waals surface area contributed by atoms with E-state index in [0.29, 0.717) is 36.8 Å². The van der Waals surface area contributed by atoms with Crippen LogP contribution in [0.2, 0.25) is 5.02 Å². The van der Waals surface area contributed by atoms with Crippen molar-refractivity contribution in [3.8, 4) is 0 Å². The third kappa shape index (κ3) is 4.88. The van der Waals surface area contributed by atoms with E-state index >= 15 is 0 Å². The molecule has 0 amide bonds. The van der Waals surface area contributed by atoms with E-state index in [1.54, 1.807) is 19.2 Å². The van der Waals surface area contributed by atoms with Gasteiger partial charge in [0.1, 0.15) is 5.82 Å². The van der Waals surface area contributed by atoms with Gasteiger partial charge < -0.3 is 9.47 Å². The first-order chi connectivity index (χ1) is 8.69. The number of nitrogens with one attached hydrogen (secondary N) is 1. The van der Waals surface area contributed by atoms with Gasteiger partial charge in [-0.25, -0.2) is 4.39 Å². The average molecular weight is 277 g/mol. The fourth-order valence-electron chi connectivity index (χ4n) is 1.56. The zero-order valence-corrected chi connectivity index (χ0v) is 11.0. The van der Waals surface area contributed by atoms with Crippen molar-refractivity contribution in [3.63, 3.8) is 0 Å². The van der Waals surface area contributed by atoms with E-state index < -0.39 is 0 Å². The minimum absolute atomic E-state index is 0.301. The van der Waals surface area contributed by atoms with Gasteiger partial charge in [-0.3, -0.25) is 11.3 Å². The van der Waals surface area contributed by atoms with Crippen LogP contribution in [0.4, 0.5) is 4.39 Å². The van der Waals surface area contributed by atoms with Crippen LogP contribution in [-0.2, 0) is 9.47 Å². The lowest BCUT2D eigenvalue weighted by Crippen LogP contribution is -2.29. The first-order valence-corrected chi connectivity index (χ1v) is 6.04. The standard InChI is InChI=1S/C12H18ClFN2O2/c1-17-6-7-18-5-4-12(16-15)10-3-2-9(13)8-11(10)14/h2-3,8,12,16H,4-7,15H2,1H3. The Kier molecular flexibility index (Phi) is 7.15. The molecule has 0 spiro atoms. The number of nitrogens with two attached hydrogens (primary N) is 1. The zero-order valence-electron chi connectivity index (χ0n) is 10.3. The van der Waals surface area contributed by atoms with Crippen LogP contribution in [0.1, 0.15) is 18.0 Å². The maximum absolute atomic E-state index is 13.7. The third-order valence-electron chi connectivity index (χ3n) is 2.52. The molecule has 1 aromatic rings. The Labute approximate surface area is 111 Å². The monoisotopic (exact) mass is 276 g/mol. The van der Waals surface area contributed by atoms with Crippen LogP contribution >= 0.6 is 11.6 Å². The smallest absolute Gasteiger partial charge is 0.129 e. The van der Waals surface area contributed by atoms with Crippen LogP contribution in [0.5, 0.6) is 0 Å². The Bertz CT molecular complexity index is 366. The Hall–Kier alpha value is -0.720. The van der Waals surface area contributed by atoms with Crippen molar-refractivity contribution < 1.29 is 13.9 Å². The van der Waals surface area contributed by atoms with E-state index in [1.165, 1.54) is 6.07 Å². The summed E-state index contributed by atoms with van der Waals surface area (Å²) in [5.41, 5.74) is 3.06. The number of methoxy groups -OCH3 is 1. The fourth-order valence-corrected chi connectivity index (χ4v) is 1.72. The first-order valence-electron chi connectivity index (χ1n) is 5.66. The SMILES string of the molecule is COCCOCCC(NN)c1ccc(Cl)cc1F. The van der Waals surface area contributed by atoms with Gasteiger partial charge in [-0.15, -0.1) is 0 Å². The van der Waals surface area contributed by atoms with Gasteiger partial charge in [0.25, 0.3) is 0 Å². The maximum atomic E-state index is 13.7. The van der Waals surface area contributed by atoms with Gasteiger partial charge in [-0.2, -0.15) is 0 Å². The molecule has 0 saturated carbocycles. The normalized spacial score (nSPS) is 12.7. The lowest BCUT2D eigenvalue weighted by Gasteiger charge is -2.17. The molecule has 4 nitrogen and oxygen atoms in total. The minimum Gasteiger partial charge on any atom is -0.382 e. The highest BCUT2D eigenvalue weighted by Gasteiger charge is 2.14. The zero-order chi connectivity index (χ0) is 13.4. The number of hydrogen-bond acceptors (Lipinski definition) is 4. The van der Waals surface area contributed by atoms with Crippen LogP contribution in [0.15, 0.2) is 18.2 Å². The summed E-state index contributed by atoms with van der Waals surface area (Å²) in [5, 5.41) is 0.364. The van der Waals surface area contributed by atoms with E-state index in [9.17, 15) is 4.39 Å². The van der Waals surface area contributed by atoms with Gasteiger partial charge in [0.2, 0.25) is 0 Å². The van der Waals surface area contributed by atoms with E-state index in [-0.39, 0.29) is 11.9 Å². The summed E-state index contributed by atoms with van der Waals surface area (Å²) in [4.78, 5) is 0. The molecule has 0 aliphatic heterocycles. The summed E-state index contributed by atoms with van der Waals surface area (Å²) in [7, 11) is 1.61. The molecule has 3 N–H and O–H groups in total. The Balaban J connectivity index is 2.49. The lowest BCUT2D eigenvalue weighted by atomic mass is 10.0. The number of hydrogen-bond donors (Lipinski definition) is 2. The molecule has 102 valence electrons. The average Bonchev–Trinajstić information content (AvgIpc) is 2.35. The van der Waals surface area contributed by atoms with Gasteiger partial charge >= 0.3 is 0 Å². The van der Waals surface area contributed by atoms with Crippen molar-refractivity contribution in [2.75, 3.05) is 26.9 Å². The van der Waals surface area contributed by atoms with Crippen LogP contribution in [0.3, 0.4) is 0 Å². The quantitative estimate of drug-likeness (QED) is 0.433. The van der Waals surface area contributed by atoms with Crippen LogP contribution in [0.25, 0.3) is 0 Å². The van der Waals surface area contributed by atoms with Crippen molar-refractivity contribution in [1.82, 2.24) is 5.43 Å². The lowest BCUT2D eigenvalue weighted by molar-refractivity contribution is 0.0656. The third-order valence-corrected chi connectivity index (χ3v) is 2.76. The number of hydrazine groups is 1. The van der Waals surface area contributed by atoms with Crippen LogP contribution in [-0.4, -0.2) is 26.9 Å².